The summed E-state index contributed by atoms with van der Waals surface area (Å²) in [5.74, 6) is -1.29. The molecule has 0 aromatic carbocycles. The predicted molar refractivity (Wildman–Crippen MR) is 109 cm³/mol. The molecule has 2 aromatic heterocycles. The lowest BCUT2D eigenvalue weighted by molar-refractivity contribution is -0.150. The highest BCUT2D eigenvalue weighted by Crippen LogP contribution is 2.40. The van der Waals surface area contributed by atoms with Gasteiger partial charge in [0.25, 0.3) is 5.91 Å². The van der Waals surface area contributed by atoms with Gasteiger partial charge in [0.15, 0.2) is 0 Å². The molecule has 0 saturated carbocycles. The van der Waals surface area contributed by atoms with Crippen molar-refractivity contribution in [2.45, 2.75) is 18.3 Å². The second kappa shape index (κ2) is 7.01. The fourth-order valence-corrected chi connectivity index (χ4v) is 6.79. The molecule has 1 saturated heterocycles. The number of thiophene rings is 2. The Bertz CT molecular complexity index is 967. The first kappa shape index (κ1) is 18.6. The van der Waals surface area contributed by atoms with Gasteiger partial charge in [-0.3, -0.25) is 14.5 Å². The first-order valence-electron chi connectivity index (χ1n) is 7.95. The molecular weight excluding hydrogens is 430 g/mol. The molecule has 0 bridgehead atoms. The number of rotatable bonds is 5. The number of fused-ring (bicyclic) bond motifs is 2. The van der Waals surface area contributed by atoms with Gasteiger partial charge in [0.1, 0.15) is 17.1 Å². The molecular formula is C16H14ClN3O4S3. The van der Waals surface area contributed by atoms with E-state index in [2.05, 4.69) is 10.6 Å². The smallest absolute Gasteiger partial charge is 0.352 e. The molecule has 3 N–H and O–H groups in total. The number of halogens is 1. The van der Waals surface area contributed by atoms with Gasteiger partial charge in [0, 0.05) is 15.2 Å². The Labute approximate surface area is 171 Å². The standard InChI is InChI=1S/C16H14ClN3O4S3/c1-6-5-25-15-12(14(22)20(15)13(6)16(23)24)19-10(21)4-18-11-3-8-7(27-11)2-9(17)26-8/h2-3,12,15,18H,4-5H2,1H3,(H,19,21)(H,23,24)/t12?,15-/m1/s1. The van der Waals surface area contributed by atoms with Crippen molar-refractivity contribution in [3.05, 3.63) is 27.7 Å². The first-order valence-corrected chi connectivity index (χ1v) is 11.0. The number of carbonyl (C=O) groups excluding carboxylic acids is 2. The molecule has 142 valence electrons. The van der Waals surface area contributed by atoms with E-state index in [4.69, 9.17) is 11.6 Å². The van der Waals surface area contributed by atoms with Gasteiger partial charge < -0.3 is 15.7 Å². The quantitative estimate of drug-likeness (QED) is 0.614. The fraction of sp³-hybridized carbons (Fsp3) is 0.312. The molecule has 7 nitrogen and oxygen atoms in total. The number of carboxylic acid groups (broad SMARTS) is 1. The lowest BCUT2D eigenvalue weighted by Crippen LogP contribution is -2.70. The van der Waals surface area contributed by atoms with E-state index in [9.17, 15) is 19.5 Å². The van der Waals surface area contributed by atoms with Crippen molar-refractivity contribution >= 4 is 78.2 Å². The maximum Gasteiger partial charge on any atom is 0.352 e. The third-order valence-electron chi connectivity index (χ3n) is 4.28. The van der Waals surface area contributed by atoms with Crippen LogP contribution in [-0.4, -0.2) is 51.5 Å². The molecule has 1 unspecified atom stereocenters. The van der Waals surface area contributed by atoms with E-state index in [1.54, 1.807) is 6.92 Å². The average Bonchev–Trinajstić information content (AvgIpc) is 3.14. The molecule has 11 heteroatoms. The lowest BCUT2D eigenvalue weighted by Gasteiger charge is -2.49. The third-order valence-corrected chi connectivity index (χ3v) is 8.08. The van der Waals surface area contributed by atoms with Crippen LogP contribution in [0.25, 0.3) is 9.40 Å². The Balaban J connectivity index is 1.36. The van der Waals surface area contributed by atoms with Crippen molar-refractivity contribution in [1.29, 1.82) is 0 Å². The Kier molecular flexibility index (Phi) is 4.83. The lowest BCUT2D eigenvalue weighted by atomic mass is 10.0. The number of carboxylic acids is 1. The monoisotopic (exact) mass is 443 g/mol. The zero-order valence-electron chi connectivity index (χ0n) is 13.9. The molecule has 4 heterocycles. The molecule has 4 rings (SSSR count). The highest BCUT2D eigenvalue weighted by Gasteiger charge is 2.53. The van der Waals surface area contributed by atoms with Gasteiger partial charge in [-0.2, -0.15) is 0 Å². The highest BCUT2D eigenvalue weighted by atomic mass is 35.5. The van der Waals surface area contributed by atoms with Gasteiger partial charge in [-0.25, -0.2) is 4.79 Å². The largest absolute Gasteiger partial charge is 0.477 e. The van der Waals surface area contributed by atoms with E-state index in [-0.39, 0.29) is 29.4 Å². The van der Waals surface area contributed by atoms with Crippen LogP contribution in [0.3, 0.4) is 0 Å². The summed E-state index contributed by atoms with van der Waals surface area (Å²) in [6.45, 7) is 1.73. The van der Waals surface area contributed by atoms with E-state index in [1.807, 2.05) is 12.1 Å². The molecule has 0 radical (unpaired) electrons. The zero-order valence-corrected chi connectivity index (χ0v) is 17.2. The summed E-state index contributed by atoms with van der Waals surface area (Å²) in [7, 11) is 0. The average molecular weight is 444 g/mol. The molecule has 2 aromatic rings. The van der Waals surface area contributed by atoms with Crippen LogP contribution in [0.15, 0.2) is 23.4 Å². The van der Waals surface area contributed by atoms with Crippen LogP contribution in [0.1, 0.15) is 6.92 Å². The minimum atomic E-state index is -1.12. The van der Waals surface area contributed by atoms with Crippen LogP contribution in [0.5, 0.6) is 0 Å². The summed E-state index contributed by atoms with van der Waals surface area (Å²) in [6.07, 6.45) is 0. The maximum absolute atomic E-state index is 12.4. The van der Waals surface area contributed by atoms with E-state index in [1.165, 1.54) is 39.3 Å². The van der Waals surface area contributed by atoms with E-state index in [0.717, 1.165) is 18.7 Å². The number of hydrogen-bond acceptors (Lipinski definition) is 7. The van der Waals surface area contributed by atoms with Crippen molar-refractivity contribution in [3.63, 3.8) is 0 Å². The summed E-state index contributed by atoms with van der Waals surface area (Å²) < 4.78 is 2.84. The number of β-lactam (4-membered cyclic amide) rings is 1. The Morgan fingerprint density at radius 1 is 1.33 bits per heavy atom. The van der Waals surface area contributed by atoms with Crippen LogP contribution in [0.2, 0.25) is 4.34 Å². The SMILES string of the molecule is CC1=C(C(=O)O)N2C(=O)C(NC(=O)CNc3cc4sc(Cl)cc4s3)[C@H]2SC1. The molecule has 27 heavy (non-hydrogen) atoms. The zero-order chi connectivity index (χ0) is 19.3. The van der Waals surface area contributed by atoms with Crippen molar-refractivity contribution in [3.8, 4) is 0 Å². The summed E-state index contributed by atoms with van der Waals surface area (Å²) >= 11 is 10.4. The van der Waals surface area contributed by atoms with E-state index >= 15 is 0 Å². The number of nitrogens with one attached hydrogen (secondary N) is 2. The second-order valence-electron chi connectivity index (χ2n) is 6.13. The van der Waals surface area contributed by atoms with Crippen molar-refractivity contribution in [1.82, 2.24) is 10.2 Å². The molecule has 1 fully saturated rings. The Morgan fingerprint density at radius 3 is 2.78 bits per heavy atom. The van der Waals surface area contributed by atoms with Gasteiger partial charge >= 0.3 is 5.97 Å². The topological polar surface area (TPSA) is 98.7 Å². The first-order chi connectivity index (χ1) is 12.8. The van der Waals surface area contributed by atoms with Gasteiger partial charge in [-0.15, -0.1) is 34.4 Å². The molecule has 2 atom stereocenters. The van der Waals surface area contributed by atoms with Crippen molar-refractivity contribution < 1.29 is 19.5 Å². The van der Waals surface area contributed by atoms with E-state index < -0.39 is 12.0 Å². The Hall–Kier alpha value is -1.75. The minimum Gasteiger partial charge on any atom is -0.477 e. The van der Waals surface area contributed by atoms with E-state index in [0.29, 0.717) is 11.3 Å². The number of hydrogen-bond donors (Lipinski definition) is 3. The summed E-state index contributed by atoms with van der Waals surface area (Å²) in [5.41, 5.74) is 0.686. The number of anilines is 1. The van der Waals surface area contributed by atoms with Gasteiger partial charge in [0.05, 0.1) is 15.9 Å². The highest BCUT2D eigenvalue weighted by molar-refractivity contribution is 8.00. The number of carbonyl (C=O) groups is 3. The number of nitrogens with zero attached hydrogens (tertiary/aromatic N) is 1. The van der Waals surface area contributed by atoms with Crippen LogP contribution in [-0.2, 0) is 14.4 Å². The fourth-order valence-electron chi connectivity index (χ4n) is 3.06. The van der Waals surface area contributed by atoms with Gasteiger partial charge in [-0.05, 0) is 24.6 Å². The van der Waals surface area contributed by atoms with Crippen LogP contribution < -0.4 is 10.6 Å². The summed E-state index contributed by atoms with van der Waals surface area (Å²) in [6, 6.07) is 3.12. The second-order valence-corrected chi connectivity index (χ2v) is 10.0. The minimum absolute atomic E-state index is 0.0311. The predicted octanol–water partition coefficient (Wildman–Crippen LogP) is 2.79. The number of amides is 2. The number of aliphatic carboxylic acids is 1. The number of thioether (sulfide) groups is 1. The molecule has 2 aliphatic heterocycles. The van der Waals surface area contributed by atoms with Crippen molar-refractivity contribution in [2.24, 2.45) is 0 Å². The normalized spacial score (nSPS) is 21.9. The molecule has 0 spiro atoms. The molecule has 0 aliphatic carbocycles. The van der Waals surface area contributed by atoms with Gasteiger partial charge in [-0.1, -0.05) is 11.6 Å². The third kappa shape index (κ3) is 3.31. The van der Waals surface area contributed by atoms with Crippen LogP contribution in [0.4, 0.5) is 5.00 Å². The molecule has 2 amide bonds. The molecule has 2 aliphatic rings. The Morgan fingerprint density at radius 2 is 2.07 bits per heavy atom. The summed E-state index contributed by atoms with van der Waals surface area (Å²) in [5, 5.41) is 15.6. The maximum atomic E-state index is 12.4. The summed E-state index contributed by atoms with van der Waals surface area (Å²) in [4.78, 5) is 37.2. The van der Waals surface area contributed by atoms with Crippen LogP contribution in [0, 0.1) is 0 Å². The van der Waals surface area contributed by atoms with Crippen LogP contribution >= 0.6 is 46.0 Å². The van der Waals surface area contributed by atoms with Crippen molar-refractivity contribution in [2.75, 3.05) is 17.6 Å². The van der Waals surface area contributed by atoms with Gasteiger partial charge in [0.2, 0.25) is 5.91 Å².